The molecule has 1 aliphatic carbocycles. The van der Waals surface area contributed by atoms with Crippen LogP contribution in [0.25, 0.3) is 0 Å². The predicted molar refractivity (Wildman–Crippen MR) is 50.7 cm³/mol. The first kappa shape index (κ1) is 7.81. The second-order valence-electron chi connectivity index (χ2n) is 3.70. The topological polar surface area (TPSA) is 26.0 Å². The zero-order valence-corrected chi connectivity index (χ0v) is 7.24. The lowest BCUT2D eigenvalue weighted by Gasteiger charge is -2.10. The Kier molecular flexibility index (Phi) is 2.13. The molecule has 0 bridgehead atoms. The van der Waals surface area contributed by atoms with E-state index < -0.39 is 0 Å². The Bertz CT molecular complexity index is 238. The first-order valence-electron chi connectivity index (χ1n) is 4.67. The van der Waals surface area contributed by atoms with E-state index in [1.807, 2.05) is 6.07 Å². The second-order valence-corrected chi connectivity index (χ2v) is 3.70. The van der Waals surface area contributed by atoms with Crippen molar-refractivity contribution in [2.24, 2.45) is 11.7 Å². The third-order valence-electron chi connectivity index (χ3n) is 2.51. The lowest BCUT2D eigenvalue weighted by Crippen LogP contribution is -2.10. The maximum atomic E-state index is 6.04. The van der Waals surface area contributed by atoms with Crippen molar-refractivity contribution < 1.29 is 0 Å². The lowest BCUT2D eigenvalue weighted by molar-refractivity contribution is 0.597. The molecule has 0 amide bonds. The summed E-state index contributed by atoms with van der Waals surface area (Å²) in [5.74, 6) is 0.917. The van der Waals surface area contributed by atoms with Crippen LogP contribution in [-0.2, 0) is 0 Å². The highest BCUT2D eigenvalue weighted by Crippen LogP contribution is 2.36. The molecule has 2 N–H and O–H groups in total. The van der Waals surface area contributed by atoms with Crippen molar-refractivity contribution in [2.75, 3.05) is 0 Å². The molecule has 0 saturated heterocycles. The summed E-state index contributed by atoms with van der Waals surface area (Å²) in [7, 11) is 0. The first-order chi connectivity index (χ1) is 5.86. The molecule has 0 heterocycles. The van der Waals surface area contributed by atoms with Gasteiger partial charge in [-0.25, -0.2) is 0 Å². The smallest absolute Gasteiger partial charge is 0.0297 e. The van der Waals surface area contributed by atoms with Gasteiger partial charge in [-0.1, -0.05) is 43.2 Å². The highest BCUT2D eigenvalue weighted by molar-refractivity contribution is 5.18. The molecule has 1 nitrogen and oxygen atoms in total. The van der Waals surface area contributed by atoms with Gasteiger partial charge in [-0.15, -0.1) is 0 Å². The fraction of sp³-hybridized carbons (Fsp3) is 0.455. The zero-order valence-electron chi connectivity index (χ0n) is 7.24. The zero-order chi connectivity index (χ0) is 8.39. The van der Waals surface area contributed by atoms with Crippen molar-refractivity contribution in [3.05, 3.63) is 35.9 Å². The molecule has 1 fully saturated rings. The molecule has 0 radical (unpaired) electrons. The summed E-state index contributed by atoms with van der Waals surface area (Å²) in [6, 6.07) is 10.6. The van der Waals surface area contributed by atoms with E-state index in [4.69, 9.17) is 5.73 Å². The van der Waals surface area contributed by atoms with Gasteiger partial charge in [0.05, 0.1) is 0 Å². The summed E-state index contributed by atoms with van der Waals surface area (Å²) in [5, 5.41) is 0. The predicted octanol–water partition coefficient (Wildman–Crippen LogP) is 2.49. The van der Waals surface area contributed by atoms with Gasteiger partial charge < -0.3 is 5.73 Å². The molecule has 0 spiro atoms. The third-order valence-corrected chi connectivity index (χ3v) is 2.51. The maximum Gasteiger partial charge on any atom is 0.0297 e. The van der Waals surface area contributed by atoms with Gasteiger partial charge in [-0.3, -0.25) is 0 Å². The third kappa shape index (κ3) is 1.86. The molecule has 64 valence electrons. The fourth-order valence-corrected chi connectivity index (χ4v) is 1.55. The van der Waals surface area contributed by atoms with Crippen molar-refractivity contribution in [1.82, 2.24) is 0 Å². The molecule has 1 saturated carbocycles. The van der Waals surface area contributed by atoms with Gasteiger partial charge in [0, 0.05) is 6.04 Å². The van der Waals surface area contributed by atoms with Crippen LogP contribution >= 0.6 is 0 Å². The Labute approximate surface area is 73.6 Å². The van der Waals surface area contributed by atoms with Crippen molar-refractivity contribution in [3.63, 3.8) is 0 Å². The van der Waals surface area contributed by atoms with E-state index >= 15 is 0 Å². The molecule has 1 aliphatic rings. The van der Waals surface area contributed by atoms with Crippen LogP contribution in [0.4, 0.5) is 0 Å². The number of rotatable bonds is 3. The summed E-state index contributed by atoms with van der Waals surface area (Å²) in [4.78, 5) is 0. The van der Waals surface area contributed by atoms with Crippen molar-refractivity contribution >= 4 is 0 Å². The molecule has 1 aromatic carbocycles. The number of benzene rings is 1. The van der Waals surface area contributed by atoms with Crippen LogP contribution in [0.3, 0.4) is 0 Å². The van der Waals surface area contributed by atoms with Crippen molar-refractivity contribution in [1.29, 1.82) is 0 Å². The Morgan fingerprint density at radius 2 is 1.92 bits per heavy atom. The standard InChI is InChI=1S/C11H15N/c12-11(8-9-6-7-9)10-4-2-1-3-5-10/h1-5,9,11H,6-8,12H2/t11-/m1/s1. The molecule has 2 rings (SSSR count). The van der Waals surface area contributed by atoms with Crippen LogP contribution < -0.4 is 5.73 Å². The van der Waals surface area contributed by atoms with Crippen LogP contribution in [0.5, 0.6) is 0 Å². The lowest BCUT2D eigenvalue weighted by atomic mass is 10.0. The average molecular weight is 161 g/mol. The molecule has 1 heteroatoms. The van der Waals surface area contributed by atoms with E-state index in [2.05, 4.69) is 24.3 Å². The Morgan fingerprint density at radius 1 is 1.25 bits per heavy atom. The molecule has 0 aliphatic heterocycles. The minimum Gasteiger partial charge on any atom is -0.324 e. The Hall–Kier alpha value is -0.820. The van der Waals surface area contributed by atoms with E-state index in [1.165, 1.54) is 24.8 Å². The Balaban J connectivity index is 1.98. The summed E-state index contributed by atoms with van der Waals surface area (Å²) in [5.41, 5.74) is 7.32. The van der Waals surface area contributed by atoms with Gasteiger partial charge in [-0.2, -0.15) is 0 Å². The highest BCUT2D eigenvalue weighted by atomic mass is 14.6. The normalized spacial score (nSPS) is 19.1. The SMILES string of the molecule is N[C@H](CC1CC1)c1ccccc1. The van der Waals surface area contributed by atoms with E-state index in [-0.39, 0.29) is 6.04 Å². The number of hydrogen-bond acceptors (Lipinski definition) is 1. The summed E-state index contributed by atoms with van der Waals surface area (Å²) in [6.45, 7) is 0. The molecule has 1 atom stereocenters. The second kappa shape index (κ2) is 3.28. The summed E-state index contributed by atoms with van der Waals surface area (Å²) in [6.07, 6.45) is 3.95. The quantitative estimate of drug-likeness (QED) is 0.724. The number of nitrogens with two attached hydrogens (primary N) is 1. The minimum absolute atomic E-state index is 0.263. The van der Waals surface area contributed by atoms with Gasteiger partial charge >= 0.3 is 0 Å². The molecular weight excluding hydrogens is 146 g/mol. The van der Waals surface area contributed by atoms with Crippen LogP contribution in [0.2, 0.25) is 0 Å². The minimum atomic E-state index is 0.263. The maximum absolute atomic E-state index is 6.04. The molecule has 0 aromatic heterocycles. The molecule has 12 heavy (non-hydrogen) atoms. The Morgan fingerprint density at radius 3 is 2.50 bits per heavy atom. The van der Waals surface area contributed by atoms with E-state index in [1.54, 1.807) is 0 Å². The fourth-order valence-electron chi connectivity index (χ4n) is 1.55. The van der Waals surface area contributed by atoms with Crippen LogP contribution in [0.15, 0.2) is 30.3 Å². The van der Waals surface area contributed by atoms with Gasteiger partial charge in [0.1, 0.15) is 0 Å². The summed E-state index contributed by atoms with van der Waals surface area (Å²) >= 11 is 0. The molecule has 0 unspecified atom stereocenters. The van der Waals surface area contributed by atoms with Crippen LogP contribution in [0, 0.1) is 5.92 Å². The van der Waals surface area contributed by atoms with Gasteiger partial charge in [0.2, 0.25) is 0 Å². The van der Waals surface area contributed by atoms with Crippen molar-refractivity contribution in [3.8, 4) is 0 Å². The molecular formula is C11H15N. The average Bonchev–Trinajstić information content (AvgIpc) is 2.90. The highest BCUT2D eigenvalue weighted by Gasteiger charge is 2.24. The number of hydrogen-bond donors (Lipinski definition) is 1. The van der Waals surface area contributed by atoms with E-state index in [0.717, 1.165) is 5.92 Å². The largest absolute Gasteiger partial charge is 0.324 e. The van der Waals surface area contributed by atoms with E-state index in [0.29, 0.717) is 0 Å². The van der Waals surface area contributed by atoms with E-state index in [9.17, 15) is 0 Å². The van der Waals surface area contributed by atoms with Crippen LogP contribution in [-0.4, -0.2) is 0 Å². The van der Waals surface area contributed by atoms with Gasteiger partial charge in [0.25, 0.3) is 0 Å². The first-order valence-corrected chi connectivity index (χ1v) is 4.67. The van der Waals surface area contributed by atoms with Crippen LogP contribution in [0.1, 0.15) is 30.9 Å². The summed E-state index contributed by atoms with van der Waals surface area (Å²) < 4.78 is 0. The van der Waals surface area contributed by atoms with Crippen molar-refractivity contribution in [2.45, 2.75) is 25.3 Å². The van der Waals surface area contributed by atoms with Gasteiger partial charge in [0.15, 0.2) is 0 Å². The monoisotopic (exact) mass is 161 g/mol. The molecule has 1 aromatic rings. The van der Waals surface area contributed by atoms with Gasteiger partial charge in [-0.05, 0) is 17.9 Å².